The van der Waals surface area contributed by atoms with Crippen LogP contribution in [0.15, 0.2) is 30.3 Å². The van der Waals surface area contributed by atoms with Gasteiger partial charge in [-0.3, -0.25) is 14.9 Å². The molecular formula is C18H22N2O5. The topological polar surface area (TPSA) is 98.5 Å². The van der Waals surface area contributed by atoms with E-state index < -0.39 is 10.9 Å². The predicted molar refractivity (Wildman–Crippen MR) is 92.7 cm³/mol. The Hall–Kier alpha value is -2.70. The summed E-state index contributed by atoms with van der Waals surface area (Å²) in [7, 11) is 0. The largest absolute Gasteiger partial charge is 0.452 e. The van der Waals surface area contributed by atoms with Crippen molar-refractivity contribution >= 4 is 23.6 Å². The van der Waals surface area contributed by atoms with Crippen molar-refractivity contribution in [2.75, 3.05) is 13.2 Å². The van der Waals surface area contributed by atoms with Crippen LogP contribution in [0.5, 0.6) is 0 Å². The third-order valence-electron chi connectivity index (χ3n) is 4.15. The van der Waals surface area contributed by atoms with Crippen molar-refractivity contribution < 1.29 is 19.2 Å². The summed E-state index contributed by atoms with van der Waals surface area (Å²) in [5, 5.41) is 13.5. The van der Waals surface area contributed by atoms with E-state index in [0.29, 0.717) is 18.0 Å². The number of nitrogens with zero attached hydrogens (tertiary/aromatic N) is 1. The maximum absolute atomic E-state index is 11.7. The number of rotatable bonds is 7. The molecule has 1 aliphatic carbocycles. The summed E-state index contributed by atoms with van der Waals surface area (Å²) < 4.78 is 4.87. The summed E-state index contributed by atoms with van der Waals surface area (Å²) in [6.45, 7) is 0.296. The molecule has 1 N–H and O–H groups in total. The van der Waals surface area contributed by atoms with Crippen LogP contribution in [0.2, 0.25) is 0 Å². The highest BCUT2D eigenvalue weighted by Gasteiger charge is 2.14. The molecule has 1 aliphatic rings. The molecule has 134 valence electrons. The summed E-state index contributed by atoms with van der Waals surface area (Å²) in [5.41, 5.74) is 0.450. The van der Waals surface area contributed by atoms with E-state index in [-0.39, 0.29) is 18.2 Å². The molecule has 0 spiro atoms. The standard InChI is InChI=1S/C18H22N2O5/c21-17(19-12-15-5-2-1-3-6-15)13-25-18(22)10-9-14-7-4-8-16(11-14)20(23)24/h4,7-11,15H,1-3,5-6,12-13H2,(H,19,21)/b10-9+. The third kappa shape index (κ3) is 6.74. The van der Waals surface area contributed by atoms with Gasteiger partial charge >= 0.3 is 5.97 Å². The molecule has 0 unspecified atom stereocenters. The molecule has 0 heterocycles. The molecule has 25 heavy (non-hydrogen) atoms. The first kappa shape index (κ1) is 18.6. The number of nitro groups is 1. The van der Waals surface area contributed by atoms with Crippen LogP contribution in [0, 0.1) is 16.0 Å². The van der Waals surface area contributed by atoms with Crippen LogP contribution in [0.4, 0.5) is 5.69 Å². The second-order valence-corrected chi connectivity index (χ2v) is 6.10. The van der Waals surface area contributed by atoms with Crippen LogP contribution in [-0.4, -0.2) is 30.0 Å². The smallest absolute Gasteiger partial charge is 0.331 e. The highest BCUT2D eigenvalue weighted by molar-refractivity contribution is 5.89. The number of carbonyl (C=O) groups is 2. The van der Waals surface area contributed by atoms with Crippen LogP contribution < -0.4 is 5.32 Å². The number of hydrogen-bond acceptors (Lipinski definition) is 5. The Morgan fingerprint density at radius 3 is 2.76 bits per heavy atom. The summed E-state index contributed by atoms with van der Waals surface area (Å²) in [4.78, 5) is 33.5. The average Bonchev–Trinajstić information content (AvgIpc) is 2.64. The van der Waals surface area contributed by atoms with Gasteiger partial charge in [0.15, 0.2) is 6.61 Å². The lowest BCUT2D eigenvalue weighted by atomic mass is 9.89. The van der Waals surface area contributed by atoms with E-state index in [4.69, 9.17) is 4.74 Å². The molecule has 2 rings (SSSR count). The van der Waals surface area contributed by atoms with Gasteiger partial charge < -0.3 is 10.1 Å². The molecule has 7 nitrogen and oxygen atoms in total. The van der Waals surface area contributed by atoms with Gasteiger partial charge in [-0.05, 0) is 30.4 Å². The van der Waals surface area contributed by atoms with Crippen molar-refractivity contribution in [3.63, 3.8) is 0 Å². The molecule has 0 bridgehead atoms. The Morgan fingerprint density at radius 2 is 2.04 bits per heavy atom. The first-order valence-corrected chi connectivity index (χ1v) is 8.40. The van der Waals surface area contributed by atoms with Crippen molar-refractivity contribution in [1.82, 2.24) is 5.32 Å². The summed E-state index contributed by atoms with van der Waals surface area (Å²) in [6, 6.07) is 5.88. The van der Waals surface area contributed by atoms with Gasteiger partial charge in [-0.25, -0.2) is 4.79 Å². The van der Waals surface area contributed by atoms with E-state index in [1.807, 2.05) is 0 Å². The van der Waals surface area contributed by atoms with Crippen molar-refractivity contribution in [1.29, 1.82) is 0 Å². The minimum atomic E-state index is -0.667. The molecule has 1 aromatic carbocycles. The Balaban J connectivity index is 1.71. The van der Waals surface area contributed by atoms with Gasteiger partial charge in [-0.1, -0.05) is 31.4 Å². The van der Waals surface area contributed by atoms with Gasteiger partial charge in [-0.15, -0.1) is 0 Å². The molecule has 0 saturated heterocycles. The highest BCUT2D eigenvalue weighted by atomic mass is 16.6. The Bertz CT molecular complexity index is 651. The number of esters is 1. The fourth-order valence-corrected chi connectivity index (χ4v) is 2.79. The fourth-order valence-electron chi connectivity index (χ4n) is 2.79. The SMILES string of the molecule is O=C(COC(=O)/C=C/c1cccc([N+](=O)[O-])c1)NCC1CCCCC1. The van der Waals surface area contributed by atoms with Gasteiger partial charge in [0.2, 0.25) is 0 Å². The van der Waals surface area contributed by atoms with Crippen LogP contribution in [0.1, 0.15) is 37.7 Å². The normalized spacial score (nSPS) is 15.0. The van der Waals surface area contributed by atoms with Crippen LogP contribution in [-0.2, 0) is 14.3 Å². The van der Waals surface area contributed by atoms with E-state index in [1.54, 1.807) is 6.07 Å². The van der Waals surface area contributed by atoms with Gasteiger partial charge in [0.25, 0.3) is 11.6 Å². The van der Waals surface area contributed by atoms with Gasteiger partial charge in [-0.2, -0.15) is 0 Å². The number of nitrogens with one attached hydrogen (secondary N) is 1. The minimum absolute atomic E-state index is 0.0578. The number of carbonyl (C=O) groups excluding carboxylic acids is 2. The fraction of sp³-hybridized carbons (Fsp3) is 0.444. The molecule has 1 saturated carbocycles. The monoisotopic (exact) mass is 346 g/mol. The number of hydrogen-bond donors (Lipinski definition) is 1. The molecule has 1 aromatic rings. The van der Waals surface area contributed by atoms with Crippen LogP contribution in [0.3, 0.4) is 0 Å². The molecule has 0 atom stereocenters. The van der Waals surface area contributed by atoms with Crippen molar-refractivity contribution in [3.8, 4) is 0 Å². The van der Waals surface area contributed by atoms with E-state index >= 15 is 0 Å². The molecule has 0 aliphatic heterocycles. The number of benzene rings is 1. The van der Waals surface area contributed by atoms with Crippen molar-refractivity contribution in [2.45, 2.75) is 32.1 Å². The molecular weight excluding hydrogens is 324 g/mol. The van der Waals surface area contributed by atoms with E-state index in [0.717, 1.165) is 18.9 Å². The summed E-state index contributed by atoms with van der Waals surface area (Å²) >= 11 is 0. The number of non-ortho nitro benzene ring substituents is 1. The molecule has 1 fully saturated rings. The quantitative estimate of drug-likeness (QED) is 0.354. The summed E-state index contributed by atoms with van der Waals surface area (Å²) in [5.74, 6) is -0.468. The zero-order valence-electron chi connectivity index (χ0n) is 14.0. The predicted octanol–water partition coefficient (Wildman–Crippen LogP) is 2.85. The van der Waals surface area contributed by atoms with Crippen LogP contribution in [0.25, 0.3) is 6.08 Å². The molecule has 0 radical (unpaired) electrons. The van der Waals surface area contributed by atoms with Crippen LogP contribution >= 0.6 is 0 Å². The lowest BCUT2D eigenvalue weighted by molar-refractivity contribution is -0.384. The van der Waals surface area contributed by atoms with Crippen molar-refractivity contribution in [3.05, 3.63) is 46.0 Å². The second-order valence-electron chi connectivity index (χ2n) is 6.10. The molecule has 0 aromatic heterocycles. The number of ether oxygens (including phenoxy) is 1. The maximum atomic E-state index is 11.7. The van der Waals surface area contributed by atoms with Crippen molar-refractivity contribution in [2.24, 2.45) is 5.92 Å². The zero-order valence-corrected chi connectivity index (χ0v) is 14.0. The Morgan fingerprint density at radius 1 is 1.28 bits per heavy atom. The molecule has 1 amide bonds. The number of nitro benzene ring substituents is 1. The van der Waals surface area contributed by atoms with Gasteiger partial charge in [0, 0.05) is 24.8 Å². The lowest BCUT2D eigenvalue weighted by Gasteiger charge is -2.21. The molecule has 7 heteroatoms. The van der Waals surface area contributed by atoms with E-state index in [9.17, 15) is 19.7 Å². The third-order valence-corrected chi connectivity index (χ3v) is 4.15. The van der Waals surface area contributed by atoms with E-state index in [1.165, 1.54) is 43.5 Å². The second kappa shape index (κ2) is 9.56. The Labute approximate surface area is 146 Å². The van der Waals surface area contributed by atoms with E-state index in [2.05, 4.69) is 5.32 Å². The average molecular weight is 346 g/mol. The maximum Gasteiger partial charge on any atom is 0.331 e. The lowest BCUT2D eigenvalue weighted by Crippen LogP contribution is -2.33. The first-order valence-electron chi connectivity index (χ1n) is 8.40. The van der Waals surface area contributed by atoms with Gasteiger partial charge in [0.1, 0.15) is 0 Å². The highest BCUT2D eigenvalue weighted by Crippen LogP contribution is 2.22. The Kier molecular flexibility index (Phi) is 7.13. The minimum Gasteiger partial charge on any atom is -0.452 e. The summed E-state index contributed by atoms with van der Waals surface area (Å²) in [6.07, 6.45) is 8.50. The first-order chi connectivity index (χ1) is 12.0. The number of amides is 1. The zero-order chi connectivity index (χ0) is 18.1. The van der Waals surface area contributed by atoms with Gasteiger partial charge in [0.05, 0.1) is 4.92 Å².